The molecule has 2 saturated heterocycles. The number of ether oxygens (including phenoxy) is 3. The van der Waals surface area contributed by atoms with Gasteiger partial charge in [-0.05, 0) is 80.7 Å². The summed E-state index contributed by atoms with van der Waals surface area (Å²) in [6.07, 6.45) is 9.46. The molecule has 4 aromatic heterocycles. The number of rotatable bonds is 12. The molecule has 350 valence electrons. The van der Waals surface area contributed by atoms with Crippen LogP contribution in [0.5, 0.6) is 5.75 Å². The summed E-state index contributed by atoms with van der Waals surface area (Å²) >= 11 is 1.71. The quantitative estimate of drug-likeness (QED) is 0.0923. The van der Waals surface area contributed by atoms with Crippen LogP contribution in [0.2, 0.25) is 0 Å². The van der Waals surface area contributed by atoms with E-state index in [1.165, 1.54) is 14.2 Å². The topological polar surface area (TPSA) is 202 Å². The molecule has 17 nitrogen and oxygen atoms in total. The highest BCUT2D eigenvalue weighted by Crippen LogP contribution is 2.49. The van der Waals surface area contributed by atoms with Crippen molar-refractivity contribution >= 4 is 46.2 Å². The summed E-state index contributed by atoms with van der Waals surface area (Å²) in [6.45, 7) is 8.76. The average molecular weight is 929 g/mol. The molecule has 18 heteroatoms. The van der Waals surface area contributed by atoms with Crippen LogP contribution >= 0.6 is 11.3 Å². The third kappa shape index (κ3) is 8.29. The Labute approximate surface area is 392 Å². The van der Waals surface area contributed by atoms with Crippen LogP contribution < -0.4 is 15.4 Å². The molecule has 0 bridgehead atoms. The summed E-state index contributed by atoms with van der Waals surface area (Å²) in [4.78, 5) is 78.2. The Kier molecular flexibility index (Phi) is 11.8. The van der Waals surface area contributed by atoms with Gasteiger partial charge in [0.15, 0.2) is 0 Å². The number of carbonyl (C=O) groups is 4. The number of aromatic nitrogens is 6. The fraction of sp³-hybridized carbons (Fsp3) is 0.449. The van der Waals surface area contributed by atoms with Crippen LogP contribution in [0, 0.1) is 11.8 Å². The number of amides is 4. The van der Waals surface area contributed by atoms with E-state index in [1.54, 1.807) is 11.3 Å². The first-order valence-corrected chi connectivity index (χ1v) is 24.0. The Bertz CT molecular complexity index is 2860. The van der Waals surface area contributed by atoms with Gasteiger partial charge in [-0.15, -0.1) is 11.3 Å². The maximum Gasteiger partial charge on any atom is 0.407 e. The molecule has 3 fully saturated rings. The summed E-state index contributed by atoms with van der Waals surface area (Å²) in [5.41, 5.74) is 6.27. The predicted molar refractivity (Wildman–Crippen MR) is 251 cm³/mol. The minimum Gasteiger partial charge on any atom is -0.464 e. The second-order valence-electron chi connectivity index (χ2n) is 18.7. The van der Waals surface area contributed by atoms with Gasteiger partial charge in [0, 0.05) is 59.7 Å². The van der Waals surface area contributed by atoms with Gasteiger partial charge in [0.05, 0.1) is 58.8 Å². The second-order valence-corrected chi connectivity index (χ2v) is 19.8. The summed E-state index contributed by atoms with van der Waals surface area (Å²) < 4.78 is 18.9. The fourth-order valence-corrected chi connectivity index (χ4v) is 10.9. The molecule has 0 radical (unpaired) electrons. The molecular formula is C49H56N10O7S. The lowest BCUT2D eigenvalue weighted by Crippen LogP contribution is -2.51. The summed E-state index contributed by atoms with van der Waals surface area (Å²) in [6, 6.07) is 12.8. The molecule has 10 rings (SSSR count). The number of thiazole rings is 1. The lowest BCUT2D eigenvalue weighted by molar-refractivity contribution is -0.136. The minimum absolute atomic E-state index is 0.128. The number of carbonyl (C=O) groups excluding carboxylic acids is 4. The number of H-pyrrole nitrogens is 2. The summed E-state index contributed by atoms with van der Waals surface area (Å²) in [7, 11) is 2.59. The molecule has 5 atom stereocenters. The van der Waals surface area contributed by atoms with Crippen molar-refractivity contribution in [2.24, 2.45) is 11.8 Å². The second kappa shape index (κ2) is 17.8. The maximum atomic E-state index is 13.8. The van der Waals surface area contributed by atoms with Crippen molar-refractivity contribution in [3.8, 4) is 39.5 Å². The molecule has 1 aliphatic carbocycles. The first-order valence-electron chi connectivity index (χ1n) is 23.2. The van der Waals surface area contributed by atoms with Crippen molar-refractivity contribution in [2.75, 3.05) is 27.3 Å². The lowest BCUT2D eigenvalue weighted by Gasteiger charge is -2.30. The fourth-order valence-electron chi connectivity index (χ4n) is 9.83. The Morgan fingerprint density at radius 2 is 1.33 bits per heavy atom. The summed E-state index contributed by atoms with van der Waals surface area (Å²) in [5.74, 6) is 2.06. The number of benzene rings is 2. The van der Waals surface area contributed by atoms with Crippen molar-refractivity contribution in [2.45, 2.75) is 103 Å². The van der Waals surface area contributed by atoms with Gasteiger partial charge in [-0.2, -0.15) is 0 Å². The zero-order valence-corrected chi connectivity index (χ0v) is 39.3. The zero-order chi connectivity index (χ0) is 46.7. The van der Waals surface area contributed by atoms with Gasteiger partial charge in [-0.25, -0.2) is 24.5 Å². The third-order valence-electron chi connectivity index (χ3n) is 13.6. The van der Waals surface area contributed by atoms with E-state index in [9.17, 15) is 19.2 Å². The first kappa shape index (κ1) is 44.2. The van der Waals surface area contributed by atoms with Gasteiger partial charge in [0.2, 0.25) is 18.0 Å². The molecule has 7 heterocycles. The smallest absolute Gasteiger partial charge is 0.407 e. The minimum atomic E-state index is -0.720. The van der Waals surface area contributed by atoms with E-state index in [-0.39, 0.29) is 35.7 Å². The number of hydrogen-bond donors (Lipinski definition) is 4. The Balaban J connectivity index is 0.946. The highest BCUT2D eigenvalue weighted by Gasteiger charge is 2.40. The molecule has 6 aromatic rings. The van der Waals surface area contributed by atoms with Crippen LogP contribution in [0.3, 0.4) is 0 Å². The molecular weight excluding hydrogens is 873 g/mol. The van der Waals surface area contributed by atoms with Crippen molar-refractivity contribution in [1.82, 2.24) is 49.9 Å². The van der Waals surface area contributed by atoms with Crippen LogP contribution in [-0.2, 0) is 19.1 Å². The number of imidazole rings is 2. The standard InChI is InChI=1S/C49H56N10O7S/c1-25(2)40(55-48(62)64-5)45(60)57-17-7-9-35(57)42-50-22-32(53-42)28-14-16-34-30(19-28)20-37-31-15-13-29(21-38(31)66-47(59(34)37)39-24-52-44(67-39)27-11-12-27)33-23-51-43(54-33)36-10-8-18-58(36)46(61)41(26(3)4)56-49(63)65-6/h13-16,19-27,35-36,40-41,47H,7-12,17-18H2,1-6H3,(H,50,53)(H,51,54)(H,55,62)(H,56,63)/t35-,36-,40-,41-,47-/m0/s1. The van der Waals surface area contributed by atoms with E-state index >= 15 is 0 Å². The Morgan fingerprint density at radius 3 is 1.88 bits per heavy atom. The average Bonchev–Trinajstić information content (AvgIpc) is 4.05. The molecule has 0 unspecified atom stereocenters. The normalized spacial score (nSPS) is 19.9. The molecule has 4 N–H and O–H groups in total. The van der Waals surface area contributed by atoms with Gasteiger partial charge in [0.1, 0.15) is 29.5 Å². The van der Waals surface area contributed by atoms with Crippen LogP contribution in [0.15, 0.2) is 61.1 Å². The highest BCUT2D eigenvalue weighted by atomic mass is 32.1. The van der Waals surface area contributed by atoms with E-state index in [1.807, 2.05) is 62.2 Å². The van der Waals surface area contributed by atoms with Crippen LogP contribution in [-0.4, -0.2) is 103 Å². The number of methoxy groups -OCH3 is 2. The Morgan fingerprint density at radius 1 is 0.761 bits per heavy atom. The molecule has 4 aliphatic rings. The third-order valence-corrected chi connectivity index (χ3v) is 14.7. The van der Waals surface area contributed by atoms with Crippen molar-refractivity contribution in [1.29, 1.82) is 0 Å². The molecule has 67 heavy (non-hydrogen) atoms. The number of fused-ring (bicyclic) bond motifs is 5. The summed E-state index contributed by atoms with van der Waals surface area (Å²) in [5, 5.41) is 7.61. The van der Waals surface area contributed by atoms with Crippen LogP contribution in [0.1, 0.15) is 112 Å². The number of nitrogens with one attached hydrogen (secondary N) is 4. The van der Waals surface area contributed by atoms with Crippen molar-refractivity contribution in [3.05, 3.63) is 82.6 Å². The largest absolute Gasteiger partial charge is 0.464 e. The van der Waals surface area contributed by atoms with Gasteiger partial charge >= 0.3 is 12.2 Å². The zero-order valence-electron chi connectivity index (χ0n) is 38.5. The number of nitrogens with zero attached hydrogens (tertiary/aromatic N) is 6. The van der Waals surface area contributed by atoms with Crippen LogP contribution in [0.25, 0.3) is 44.7 Å². The van der Waals surface area contributed by atoms with Gasteiger partial charge < -0.3 is 44.6 Å². The number of likely N-dealkylation sites (tertiary alicyclic amines) is 2. The van der Waals surface area contributed by atoms with Crippen molar-refractivity contribution < 1.29 is 33.4 Å². The van der Waals surface area contributed by atoms with Gasteiger partial charge in [0.25, 0.3) is 0 Å². The van der Waals surface area contributed by atoms with Crippen molar-refractivity contribution in [3.63, 3.8) is 0 Å². The van der Waals surface area contributed by atoms with Crippen LogP contribution in [0.4, 0.5) is 9.59 Å². The molecule has 2 aromatic carbocycles. The maximum absolute atomic E-state index is 13.8. The highest BCUT2D eigenvalue weighted by molar-refractivity contribution is 7.11. The van der Waals surface area contributed by atoms with E-state index in [2.05, 4.69) is 61.6 Å². The number of alkyl carbamates (subject to hydrolysis) is 2. The van der Waals surface area contributed by atoms with E-state index in [0.717, 1.165) is 98.8 Å². The number of aromatic amines is 2. The Hall–Kier alpha value is -6.69. The first-order chi connectivity index (χ1) is 32.4. The van der Waals surface area contributed by atoms with E-state index in [4.69, 9.17) is 29.2 Å². The predicted octanol–water partition coefficient (Wildman–Crippen LogP) is 8.45. The van der Waals surface area contributed by atoms with Gasteiger partial charge in [-0.1, -0.05) is 39.8 Å². The molecule has 3 aliphatic heterocycles. The monoisotopic (exact) mass is 928 g/mol. The van der Waals surface area contributed by atoms with Gasteiger partial charge in [-0.3, -0.25) is 14.2 Å². The SMILES string of the molecule is COC(=O)N[C@H](C(=O)N1CCC[C@H]1c1nc(-c2ccc3c(c2)O[C@@H](c2cnc(C4CC4)s2)n2c-3cc3cc(-c4c[nH]c([C@@H]5CCCN5C(=O)[C@@H](NC(=O)OC)C(C)C)n4)ccc32)c[nH]1)C(C)C. The van der Waals surface area contributed by atoms with E-state index in [0.29, 0.717) is 30.7 Å². The molecule has 4 amide bonds. The molecule has 1 saturated carbocycles. The lowest BCUT2D eigenvalue weighted by atomic mass is 10.0. The van der Waals surface area contributed by atoms with E-state index < -0.39 is 30.5 Å². The number of hydrogen-bond acceptors (Lipinski definition) is 11. The molecule has 0 spiro atoms.